The zero-order valence-corrected chi connectivity index (χ0v) is 10.8. The van der Waals surface area contributed by atoms with E-state index in [1.54, 1.807) is 16.8 Å². The maximum atomic E-state index is 13.6. The van der Waals surface area contributed by atoms with Gasteiger partial charge in [0.05, 0.1) is 17.3 Å². The van der Waals surface area contributed by atoms with Crippen LogP contribution in [-0.4, -0.2) is 14.8 Å². The van der Waals surface area contributed by atoms with E-state index in [1.165, 1.54) is 12.4 Å². The van der Waals surface area contributed by atoms with Gasteiger partial charge in [0.1, 0.15) is 12.2 Å². The van der Waals surface area contributed by atoms with Gasteiger partial charge in [0.15, 0.2) is 5.82 Å². The summed E-state index contributed by atoms with van der Waals surface area (Å²) in [5, 5.41) is 7.18. The Kier molecular flexibility index (Phi) is 4.15. The molecule has 0 aliphatic carbocycles. The van der Waals surface area contributed by atoms with E-state index in [2.05, 4.69) is 22.3 Å². The van der Waals surface area contributed by atoms with Crippen LogP contribution in [-0.2, 0) is 13.1 Å². The molecule has 1 N–H and O–H groups in total. The molecule has 1 aromatic carbocycles. The van der Waals surface area contributed by atoms with E-state index in [4.69, 9.17) is 11.6 Å². The predicted molar refractivity (Wildman–Crippen MR) is 69.0 cm³/mol. The first kappa shape index (κ1) is 12.8. The summed E-state index contributed by atoms with van der Waals surface area (Å²) in [5.74, 6) is 0.331. The van der Waals surface area contributed by atoms with Crippen LogP contribution >= 0.6 is 11.6 Å². The average Bonchev–Trinajstić information content (AvgIpc) is 2.79. The lowest BCUT2D eigenvalue weighted by atomic mass is 10.3. The van der Waals surface area contributed by atoms with Crippen molar-refractivity contribution < 1.29 is 4.39 Å². The number of nitrogens with one attached hydrogen (secondary N) is 1. The standard InChI is InChI=1S/C12H14ClFN4/c1-2-6-18-11(16-8-17-18)7-15-10-5-3-4-9(13)12(10)14/h3-5,8,15H,2,6-7H2,1H3. The van der Waals surface area contributed by atoms with Crippen LogP contribution in [0.25, 0.3) is 0 Å². The number of anilines is 1. The highest BCUT2D eigenvalue weighted by molar-refractivity contribution is 6.31. The SMILES string of the molecule is CCCn1ncnc1CNc1cccc(Cl)c1F. The highest BCUT2D eigenvalue weighted by Crippen LogP contribution is 2.22. The topological polar surface area (TPSA) is 42.7 Å². The molecule has 4 nitrogen and oxygen atoms in total. The second kappa shape index (κ2) is 5.82. The van der Waals surface area contributed by atoms with Gasteiger partial charge in [-0.15, -0.1) is 0 Å². The minimum Gasteiger partial charge on any atom is -0.375 e. The predicted octanol–water partition coefficient (Wildman–Crippen LogP) is 3.09. The van der Waals surface area contributed by atoms with E-state index in [9.17, 15) is 4.39 Å². The third kappa shape index (κ3) is 2.79. The molecule has 18 heavy (non-hydrogen) atoms. The summed E-state index contributed by atoms with van der Waals surface area (Å²) in [7, 11) is 0. The first-order valence-electron chi connectivity index (χ1n) is 5.77. The molecule has 96 valence electrons. The van der Waals surface area contributed by atoms with Gasteiger partial charge in [-0.05, 0) is 18.6 Å². The van der Waals surface area contributed by atoms with Gasteiger partial charge in [-0.25, -0.2) is 14.1 Å². The van der Waals surface area contributed by atoms with E-state index >= 15 is 0 Å². The molecular formula is C12H14ClFN4. The fourth-order valence-corrected chi connectivity index (χ4v) is 1.81. The third-order valence-electron chi connectivity index (χ3n) is 2.52. The van der Waals surface area contributed by atoms with Gasteiger partial charge in [0.25, 0.3) is 0 Å². The summed E-state index contributed by atoms with van der Waals surface area (Å²) in [4.78, 5) is 4.14. The minimum atomic E-state index is -0.444. The monoisotopic (exact) mass is 268 g/mol. The van der Waals surface area contributed by atoms with Crippen molar-refractivity contribution >= 4 is 17.3 Å². The third-order valence-corrected chi connectivity index (χ3v) is 2.81. The molecule has 0 radical (unpaired) electrons. The molecule has 0 aliphatic rings. The minimum absolute atomic E-state index is 0.107. The van der Waals surface area contributed by atoms with Crippen molar-refractivity contribution in [2.45, 2.75) is 26.4 Å². The number of rotatable bonds is 5. The normalized spacial score (nSPS) is 10.6. The lowest BCUT2D eigenvalue weighted by molar-refractivity contribution is 0.572. The number of nitrogens with zero attached hydrogens (tertiary/aromatic N) is 3. The maximum absolute atomic E-state index is 13.6. The van der Waals surface area contributed by atoms with Crippen molar-refractivity contribution in [1.29, 1.82) is 0 Å². The molecule has 0 atom stereocenters. The summed E-state index contributed by atoms with van der Waals surface area (Å²) in [5.41, 5.74) is 0.369. The van der Waals surface area contributed by atoms with Gasteiger partial charge in [0.2, 0.25) is 0 Å². The number of aromatic nitrogens is 3. The molecular weight excluding hydrogens is 255 g/mol. The highest BCUT2D eigenvalue weighted by Gasteiger charge is 2.08. The molecule has 0 amide bonds. The van der Waals surface area contributed by atoms with Crippen molar-refractivity contribution in [2.24, 2.45) is 0 Å². The molecule has 1 heterocycles. The molecule has 6 heteroatoms. The van der Waals surface area contributed by atoms with E-state index < -0.39 is 5.82 Å². The van der Waals surface area contributed by atoms with Crippen molar-refractivity contribution in [1.82, 2.24) is 14.8 Å². The zero-order valence-electron chi connectivity index (χ0n) is 10.0. The van der Waals surface area contributed by atoms with E-state index in [1.807, 2.05) is 0 Å². The molecule has 0 saturated heterocycles. The van der Waals surface area contributed by atoms with Gasteiger partial charge in [-0.1, -0.05) is 24.6 Å². The van der Waals surface area contributed by atoms with Crippen LogP contribution in [0.15, 0.2) is 24.5 Å². The van der Waals surface area contributed by atoms with Crippen LogP contribution in [0.1, 0.15) is 19.2 Å². The van der Waals surface area contributed by atoms with Crippen LogP contribution in [0.4, 0.5) is 10.1 Å². The summed E-state index contributed by atoms with van der Waals surface area (Å²) >= 11 is 5.71. The highest BCUT2D eigenvalue weighted by atomic mass is 35.5. The van der Waals surface area contributed by atoms with E-state index in [-0.39, 0.29) is 5.02 Å². The Morgan fingerprint density at radius 2 is 2.28 bits per heavy atom. The Bertz CT molecular complexity index is 527. The number of halogens is 2. The average molecular weight is 269 g/mol. The van der Waals surface area contributed by atoms with Crippen molar-refractivity contribution in [2.75, 3.05) is 5.32 Å². The second-order valence-electron chi connectivity index (χ2n) is 3.85. The lowest BCUT2D eigenvalue weighted by Gasteiger charge is -2.09. The number of hydrogen-bond donors (Lipinski definition) is 1. The Hall–Kier alpha value is -1.62. The summed E-state index contributed by atoms with van der Waals surface area (Å²) in [6.07, 6.45) is 2.48. The Balaban J connectivity index is 2.07. The number of benzene rings is 1. The fourth-order valence-electron chi connectivity index (χ4n) is 1.64. The van der Waals surface area contributed by atoms with Gasteiger partial charge in [0, 0.05) is 6.54 Å². The zero-order chi connectivity index (χ0) is 13.0. The lowest BCUT2D eigenvalue weighted by Crippen LogP contribution is -2.10. The van der Waals surface area contributed by atoms with Crippen molar-refractivity contribution in [3.05, 3.63) is 41.2 Å². The van der Waals surface area contributed by atoms with Crippen LogP contribution in [0, 0.1) is 5.82 Å². The molecule has 0 spiro atoms. The summed E-state index contributed by atoms with van der Waals surface area (Å²) in [6, 6.07) is 4.86. The first-order valence-corrected chi connectivity index (χ1v) is 6.14. The van der Waals surface area contributed by atoms with Crippen LogP contribution in [0.5, 0.6) is 0 Å². The Labute approximate surface area is 110 Å². The van der Waals surface area contributed by atoms with Crippen LogP contribution in [0.3, 0.4) is 0 Å². The Morgan fingerprint density at radius 3 is 3.06 bits per heavy atom. The molecule has 0 fully saturated rings. The van der Waals surface area contributed by atoms with Gasteiger partial charge < -0.3 is 5.32 Å². The molecule has 0 bridgehead atoms. The number of aryl methyl sites for hydroxylation is 1. The first-order chi connectivity index (χ1) is 8.72. The maximum Gasteiger partial charge on any atom is 0.164 e. The number of hydrogen-bond acceptors (Lipinski definition) is 3. The van der Waals surface area contributed by atoms with Crippen molar-refractivity contribution in [3.8, 4) is 0 Å². The molecule has 0 unspecified atom stereocenters. The largest absolute Gasteiger partial charge is 0.375 e. The molecule has 0 aliphatic heterocycles. The molecule has 2 rings (SSSR count). The Morgan fingerprint density at radius 1 is 1.44 bits per heavy atom. The molecule has 1 aromatic heterocycles. The van der Waals surface area contributed by atoms with Crippen LogP contribution in [0.2, 0.25) is 5.02 Å². The summed E-state index contributed by atoms with van der Waals surface area (Å²) in [6.45, 7) is 3.28. The van der Waals surface area contributed by atoms with Crippen LogP contribution < -0.4 is 5.32 Å². The molecule has 2 aromatic rings. The smallest absolute Gasteiger partial charge is 0.164 e. The molecule has 0 saturated carbocycles. The summed E-state index contributed by atoms with van der Waals surface area (Å²) < 4.78 is 15.4. The fraction of sp³-hybridized carbons (Fsp3) is 0.333. The van der Waals surface area contributed by atoms with Gasteiger partial charge in [-0.3, -0.25) is 0 Å². The van der Waals surface area contributed by atoms with E-state index in [0.717, 1.165) is 18.8 Å². The van der Waals surface area contributed by atoms with Crippen molar-refractivity contribution in [3.63, 3.8) is 0 Å². The van der Waals surface area contributed by atoms with Gasteiger partial charge >= 0.3 is 0 Å². The second-order valence-corrected chi connectivity index (χ2v) is 4.26. The van der Waals surface area contributed by atoms with E-state index in [0.29, 0.717) is 12.2 Å². The van der Waals surface area contributed by atoms with Gasteiger partial charge in [-0.2, -0.15) is 5.10 Å². The quantitative estimate of drug-likeness (QED) is 0.906.